The lowest BCUT2D eigenvalue weighted by atomic mass is 9.99. The summed E-state index contributed by atoms with van der Waals surface area (Å²) in [5.74, 6) is 0.702. The second-order valence-corrected chi connectivity index (χ2v) is 14.8. The smallest absolute Gasteiger partial charge is 0.160 e. The molecule has 252 valence electrons. The molecule has 11 rings (SSSR count). The molecular weight excluding hydrogens is 675 g/mol. The first-order valence-corrected chi connectivity index (χ1v) is 19.1. The summed E-state index contributed by atoms with van der Waals surface area (Å²) in [6.45, 7) is 0. The number of benzene rings is 8. The van der Waals surface area contributed by atoms with E-state index >= 15 is 0 Å². The van der Waals surface area contributed by atoms with Crippen molar-refractivity contribution in [2.45, 2.75) is 0 Å². The molecule has 0 bridgehead atoms. The Morgan fingerprint density at radius 2 is 0.944 bits per heavy atom. The van der Waals surface area contributed by atoms with E-state index in [9.17, 15) is 0 Å². The van der Waals surface area contributed by atoms with Crippen molar-refractivity contribution < 1.29 is 0 Å². The summed E-state index contributed by atoms with van der Waals surface area (Å²) < 4.78 is 5.12. The molecule has 0 saturated carbocycles. The van der Waals surface area contributed by atoms with Gasteiger partial charge in [-0.25, -0.2) is 9.97 Å². The molecule has 0 atom stereocenters. The molecule has 0 radical (unpaired) electrons. The van der Waals surface area contributed by atoms with Crippen LogP contribution in [0.25, 0.3) is 103 Å². The van der Waals surface area contributed by atoms with E-state index in [1.165, 1.54) is 63.9 Å². The summed E-state index contributed by atoms with van der Waals surface area (Å²) >= 11 is 1.90. The van der Waals surface area contributed by atoms with Gasteiger partial charge < -0.3 is 4.57 Å². The normalized spacial score (nSPS) is 11.7. The molecule has 3 heterocycles. The van der Waals surface area contributed by atoms with Crippen LogP contribution < -0.4 is 0 Å². The monoisotopic (exact) mass is 705 g/mol. The number of hydrogen-bond donors (Lipinski definition) is 0. The lowest BCUT2D eigenvalue weighted by Crippen LogP contribution is -1.98. The van der Waals surface area contributed by atoms with Crippen LogP contribution in [0.2, 0.25) is 0 Å². The van der Waals surface area contributed by atoms with Gasteiger partial charge in [-0.15, -0.1) is 11.3 Å². The van der Waals surface area contributed by atoms with Crippen LogP contribution in [0.15, 0.2) is 188 Å². The second-order valence-electron chi connectivity index (χ2n) is 13.7. The Balaban J connectivity index is 1.17. The Hall–Kier alpha value is -6.88. The van der Waals surface area contributed by atoms with Crippen molar-refractivity contribution in [2.24, 2.45) is 0 Å². The topological polar surface area (TPSA) is 30.7 Å². The van der Waals surface area contributed by atoms with Crippen molar-refractivity contribution in [3.05, 3.63) is 188 Å². The standard InChI is InChI=1S/C50H31N3S/c1-4-14-32(15-5-1)36-26-29-40-44(30-36)53(48-39-21-11-10-20-38(39)46-41-22-12-13-23-45(41)54-49(46)47(40)48)37-27-24-35(25-28-37)50-51-42(33-16-6-2-7-17-33)31-43(52-50)34-18-8-3-9-19-34/h1-31H. The highest BCUT2D eigenvalue weighted by atomic mass is 32.1. The van der Waals surface area contributed by atoms with E-state index in [1.54, 1.807) is 0 Å². The molecule has 4 heteroatoms. The molecule has 3 aromatic heterocycles. The van der Waals surface area contributed by atoms with Crippen molar-refractivity contribution in [1.29, 1.82) is 0 Å². The lowest BCUT2D eigenvalue weighted by Gasteiger charge is -2.13. The van der Waals surface area contributed by atoms with Gasteiger partial charge >= 0.3 is 0 Å². The molecule has 0 aliphatic heterocycles. The minimum absolute atomic E-state index is 0.702. The summed E-state index contributed by atoms with van der Waals surface area (Å²) in [5, 5.41) is 7.73. The summed E-state index contributed by atoms with van der Waals surface area (Å²) in [6, 6.07) is 67.0. The maximum Gasteiger partial charge on any atom is 0.160 e. The Kier molecular flexibility index (Phi) is 7.04. The van der Waals surface area contributed by atoms with Crippen LogP contribution >= 0.6 is 11.3 Å². The van der Waals surface area contributed by atoms with Gasteiger partial charge in [-0.2, -0.15) is 0 Å². The number of hydrogen-bond acceptors (Lipinski definition) is 3. The molecule has 54 heavy (non-hydrogen) atoms. The number of rotatable bonds is 5. The molecule has 8 aromatic carbocycles. The molecule has 0 N–H and O–H groups in total. The summed E-state index contributed by atoms with van der Waals surface area (Å²) in [6.07, 6.45) is 0. The Bertz CT molecular complexity index is 3120. The highest BCUT2D eigenvalue weighted by molar-refractivity contribution is 7.27. The Morgan fingerprint density at radius 3 is 1.61 bits per heavy atom. The van der Waals surface area contributed by atoms with Gasteiger partial charge in [0.1, 0.15) is 0 Å². The first kappa shape index (κ1) is 30.7. The van der Waals surface area contributed by atoms with Gasteiger partial charge in [0, 0.05) is 58.7 Å². The molecule has 0 fully saturated rings. The maximum absolute atomic E-state index is 5.12. The number of fused-ring (bicyclic) bond motifs is 10. The summed E-state index contributed by atoms with van der Waals surface area (Å²) in [4.78, 5) is 10.2. The molecule has 0 amide bonds. The maximum atomic E-state index is 5.12. The Labute approximate surface area is 316 Å². The highest BCUT2D eigenvalue weighted by Gasteiger charge is 2.22. The van der Waals surface area contributed by atoms with Crippen LogP contribution in [0, 0.1) is 0 Å². The first-order chi connectivity index (χ1) is 26.8. The summed E-state index contributed by atoms with van der Waals surface area (Å²) in [5.41, 5.74) is 10.8. The summed E-state index contributed by atoms with van der Waals surface area (Å²) in [7, 11) is 0. The van der Waals surface area contributed by atoms with E-state index in [0.29, 0.717) is 5.82 Å². The fourth-order valence-electron chi connectivity index (χ4n) is 8.10. The fourth-order valence-corrected chi connectivity index (χ4v) is 9.37. The van der Waals surface area contributed by atoms with Gasteiger partial charge in [0.2, 0.25) is 0 Å². The minimum Gasteiger partial charge on any atom is -0.309 e. The number of thiophene rings is 1. The molecule has 0 spiro atoms. The third kappa shape index (κ3) is 4.88. The van der Waals surface area contributed by atoms with Gasteiger partial charge in [-0.05, 0) is 59.0 Å². The van der Waals surface area contributed by atoms with Crippen molar-refractivity contribution in [2.75, 3.05) is 0 Å². The molecule has 0 aliphatic carbocycles. The fraction of sp³-hybridized carbons (Fsp3) is 0. The van der Waals surface area contributed by atoms with Gasteiger partial charge in [-0.1, -0.05) is 146 Å². The quantitative estimate of drug-likeness (QED) is 0.178. The van der Waals surface area contributed by atoms with E-state index in [2.05, 4.69) is 180 Å². The van der Waals surface area contributed by atoms with Crippen LogP contribution in [0.4, 0.5) is 0 Å². The first-order valence-electron chi connectivity index (χ1n) is 18.2. The van der Waals surface area contributed by atoms with Crippen molar-refractivity contribution in [1.82, 2.24) is 14.5 Å². The third-order valence-electron chi connectivity index (χ3n) is 10.6. The molecule has 3 nitrogen and oxygen atoms in total. The van der Waals surface area contributed by atoms with Crippen LogP contribution in [0.3, 0.4) is 0 Å². The largest absolute Gasteiger partial charge is 0.309 e. The highest BCUT2D eigenvalue weighted by Crippen LogP contribution is 2.48. The molecule has 0 unspecified atom stereocenters. The van der Waals surface area contributed by atoms with Gasteiger partial charge in [-0.3, -0.25) is 0 Å². The Morgan fingerprint density at radius 1 is 0.389 bits per heavy atom. The predicted molar refractivity (Wildman–Crippen MR) is 229 cm³/mol. The van der Waals surface area contributed by atoms with E-state index in [-0.39, 0.29) is 0 Å². The molecule has 11 aromatic rings. The van der Waals surface area contributed by atoms with Crippen LogP contribution in [0.1, 0.15) is 0 Å². The van der Waals surface area contributed by atoms with E-state index in [1.807, 2.05) is 23.5 Å². The van der Waals surface area contributed by atoms with Crippen molar-refractivity contribution in [3.8, 4) is 50.7 Å². The van der Waals surface area contributed by atoms with Crippen molar-refractivity contribution in [3.63, 3.8) is 0 Å². The zero-order chi connectivity index (χ0) is 35.6. The zero-order valence-electron chi connectivity index (χ0n) is 29.1. The third-order valence-corrected chi connectivity index (χ3v) is 11.8. The van der Waals surface area contributed by atoms with Crippen LogP contribution in [0.5, 0.6) is 0 Å². The van der Waals surface area contributed by atoms with Crippen LogP contribution in [-0.4, -0.2) is 14.5 Å². The SMILES string of the molecule is c1ccc(-c2ccc3c4c5sc6ccccc6c5c5ccccc5c4n(-c4ccc(-c5nc(-c6ccccc6)cc(-c6ccccc6)n5)cc4)c3c2)cc1. The number of nitrogens with zero attached hydrogens (tertiary/aromatic N) is 3. The zero-order valence-corrected chi connectivity index (χ0v) is 30.0. The molecule has 0 saturated heterocycles. The van der Waals surface area contributed by atoms with E-state index in [0.717, 1.165) is 33.8 Å². The second kappa shape index (κ2) is 12.4. The van der Waals surface area contributed by atoms with Gasteiger partial charge in [0.25, 0.3) is 0 Å². The number of aromatic nitrogens is 3. The van der Waals surface area contributed by atoms with Crippen LogP contribution in [-0.2, 0) is 0 Å². The average Bonchev–Trinajstić information content (AvgIpc) is 3.81. The predicted octanol–water partition coefficient (Wildman–Crippen LogP) is 13.8. The van der Waals surface area contributed by atoms with E-state index < -0.39 is 0 Å². The van der Waals surface area contributed by atoms with Crippen molar-refractivity contribution >= 4 is 64.1 Å². The molecular formula is C50H31N3S. The van der Waals surface area contributed by atoms with Gasteiger partial charge in [0.15, 0.2) is 5.82 Å². The van der Waals surface area contributed by atoms with Gasteiger partial charge in [0.05, 0.1) is 22.4 Å². The molecule has 0 aliphatic rings. The van der Waals surface area contributed by atoms with E-state index in [4.69, 9.17) is 9.97 Å². The lowest BCUT2D eigenvalue weighted by molar-refractivity contribution is 1.17. The minimum atomic E-state index is 0.702. The average molecular weight is 706 g/mol.